The van der Waals surface area contributed by atoms with Crippen LogP contribution in [-0.4, -0.2) is 37.8 Å². The first-order valence-corrected chi connectivity index (χ1v) is 11.0. The molecule has 0 aromatic heterocycles. The molecule has 6 nitrogen and oxygen atoms in total. The van der Waals surface area contributed by atoms with Crippen LogP contribution in [-0.2, 0) is 22.8 Å². The summed E-state index contributed by atoms with van der Waals surface area (Å²) in [6, 6.07) is 0.434. The zero-order valence-corrected chi connectivity index (χ0v) is 19.3. The smallest absolute Gasteiger partial charge is 0.443 e. The summed E-state index contributed by atoms with van der Waals surface area (Å²) in [5.74, 6) is -0.505. The Labute approximate surface area is 160 Å². The van der Waals surface area contributed by atoms with Gasteiger partial charge < -0.3 is 18.0 Å². The normalized spacial score (nSPS) is 14.9. The molecule has 7 heteroatoms. The molecule has 154 valence electrons. The topological polar surface area (TPSA) is 80.0 Å². The fraction of sp³-hybridized carbons (Fsp3) is 0.842. The standard InChI is InChI=1S/C19H39NO5Si/c1-14(2)16(21)22-15(20)12-13-26(23-17(3,4)5,24-18(6,7)8)25-19(9,10)11/h15H,1,12-13,20H2,2-11H3. The molecular weight excluding hydrogens is 350 g/mol. The highest BCUT2D eigenvalue weighted by Gasteiger charge is 2.50. The van der Waals surface area contributed by atoms with Crippen LogP contribution in [0.2, 0.25) is 6.04 Å². The summed E-state index contributed by atoms with van der Waals surface area (Å²) in [5, 5.41) is 0. The van der Waals surface area contributed by atoms with Gasteiger partial charge in [0.05, 0.1) is 16.8 Å². The predicted octanol–water partition coefficient (Wildman–Crippen LogP) is 4.16. The highest BCUT2D eigenvalue weighted by atomic mass is 28.4. The molecule has 0 aliphatic carbocycles. The van der Waals surface area contributed by atoms with Crippen LogP contribution in [0.15, 0.2) is 12.2 Å². The third-order valence-corrected chi connectivity index (χ3v) is 6.40. The van der Waals surface area contributed by atoms with Gasteiger partial charge in [-0.3, -0.25) is 5.73 Å². The molecule has 0 amide bonds. The SMILES string of the molecule is C=C(C)C(=O)OC(N)CC[Si](OC(C)(C)C)(OC(C)(C)C)OC(C)(C)C. The molecular formula is C19H39NO5Si. The summed E-state index contributed by atoms with van der Waals surface area (Å²) in [7, 11) is -3.14. The summed E-state index contributed by atoms with van der Waals surface area (Å²) >= 11 is 0. The summed E-state index contributed by atoms with van der Waals surface area (Å²) in [6.45, 7) is 22.8. The number of hydrogen-bond donors (Lipinski definition) is 1. The van der Waals surface area contributed by atoms with Crippen LogP contribution >= 0.6 is 0 Å². The highest BCUT2D eigenvalue weighted by Crippen LogP contribution is 2.32. The van der Waals surface area contributed by atoms with Gasteiger partial charge in [-0.05, 0) is 69.2 Å². The molecule has 0 aliphatic rings. The van der Waals surface area contributed by atoms with E-state index in [9.17, 15) is 4.79 Å². The molecule has 0 aromatic rings. The van der Waals surface area contributed by atoms with Gasteiger partial charge in [0, 0.05) is 18.0 Å². The second-order valence-corrected chi connectivity index (χ2v) is 12.1. The monoisotopic (exact) mass is 389 g/mol. The van der Waals surface area contributed by atoms with Gasteiger partial charge in [-0.15, -0.1) is 0 Å². The quantitative estimate of drug-likeness (QED) is 0.290. The minimum absolute atomic E-state index is 0.312. The molecule has 0 bridgehead atoms. The van der Waals surface area contributed by atoms with E-state index in [1.165, 1.54) is 0 Å². The summed E-state index contributed by atoms with van der Waals surface area (Å²) in [6.07, 6.45) is -0.408. The largest absolute Gasteiger partial charge is 0.502 e. The Morgan fingerprint density at radius 1 is 0.923 bits per heavy atom. The first kappa shape index (κ1) is 25.3. The molecule has 0 saturated heterocycles. The van der Waals surface area contributed by atoms with Crippen LogP contribution in [0.5, 0.6) is 0 Å². The number of ether oxygens (including phenoxy) is 1. The van der Waals surface area contributed by atoms with Crippen molar-refractivity contribution in [1.29, 1.82) is 0 Å². The van der Waals surface area contributed by atoms with Gasteiger partial charge in [0.25, 0.3) is 0 Å². The van der Waals surface area contributed by atoms with Crippen molar-refractivity contribution < 1.29 is 22.8 Å². The maximum Gasteiger partial charge on any atom is 0.502 e. The fourth-order valence-electron chi connectivity index (χ4n) is 2.23. The van der Waals surface area contributed by atoms with Crippen LogP contribution in [0.3, 0.4) is 0 Å². The average molecular weight is 390 g/mol. The maximum atomic E-state index is 11.7. The van der Waals surface area contributed by atoms with Gasteiger partial charge in [0.15, 0.2) is 6.23 Å². The summed E-state index contributed by atoms with van der Waals surface area (Å²) in [4.78, 5) is 11.7. The molecule has 0 heterocycles. The number of carbonyl (C=O) groups is 1. The first-order chi connectivity index (χ1) is 11.3. The Morgan fingerprint density at radius 2 is 1.27 bits per heavy atom. The van der Waals surface area contributed by atoms with E-state index >= 15 is 0 Å². The Morgan fingerprint density at radius 3 is 1.54 bits per heavy atom. The lowest BCUT2D eigenvalue weighted by Gasteiger charge is -2.43. The lowest BCUT2D eigenvalue weighted by Crippen LogP contribution is -2.57. The third-order valence-electron chi connectivity index (χ3n) is 2.73. The van der Waals surface area contributed by atoms with E-state index in [-0.39, 0.29) is 0 Å². The molecule has 26 heavy (non-hydrogen) atoms. The van der Waals surface area contributed by atoms with Gasteiger partial charge in [-0.2, -0.15) is 0 Å². The lowest BCUT2D eigenvalue weighted by atomic mass is 10.2. The van der Waals surface area contributed by atoms with Crippen LogP contribution < -0.4 is 5.73 Å². The molecule has 0 rings (SSSR count). The third kappa shape index (κ3) is 11.8. The molecule has 0 fully saturated rings. The number of nitrogens with two attached hydrogens (primary N) is 1. The number of esters is 1. The minimum atomic E-state index is -3.14. The van der Waals surface area contributed by atoms with Crippen molar-refractivity contribution in [2.45, 2.75) is 105 Å². The average Bonchev–Trinajstić information content (AvgIpc) is 2.29. The predicted molar refractivity (Wildman–Crippen MR) is 107 cm³/mol. The molecule has 1 unspecified atom stereocenters. The van der Waals surface area contributed by atoms with Gasteiger partial charge in [0.2, 0.25) is 0 Å². The Bertz CT molecular complexity index is 445. The number of rotatable bonds is 8. The van der Waals surface area contributed by atoms with Crippen molar-refractivity contribution in [2.24, 2.45) is 5.73 Å². The first-order valence-electron chi connectivity index (χ1n) is 9.07. The highest BCUT2D eigenvalue weighted by molar-refractivity contribution is 6.61. The van der Waals surface area contributed by atoms with Crippen LogP contribution in [0.1, 0.15) is 75.7 Å². The Kier molecular flexibility index (Phi) is 8.72. The van der Waals surface area contributed by atoms with Crippen molar-refractivity contribution in [3.8, 4) is 0 Å². The summed E-state index contributed by atoms with van der Waals surface area (Å²) < 4.78 is 24.3. The molecule has 0 saturated carbocycles. The molecule has 0 aromatic carbocycles. The number of carbonyl (C=O) groups excluding carboxylic acids is 1. The van der Waals surface area contributed by atoms with E-state index in [2.05, 4.69) is 6.58 Å². The molecule has 0 aliphatic heterocycles. The Balaban J connectivity index is 5.50. The van der Waals surface area contributed by atoms with E-state index < -0.39 is 37.8 Å². The van der Waals surface area contributed by atoms with E-state index in [0.29, 0.717) is 18.0 Å². The minimum Gasteiger partial charge on any atom is -0.443 e. The maximum absolute atomic E-state index is 11.7. The van der Waals surface area contributed by atoms with E-state index in [0.717, 1.165) is 0 Å². The Hall–Kier alpha value is -0.733. The molecule has 0 radical (unpaired) electrons. The van der Waals surface area contributed by atoms with Crippen LogP contribution in [0, 0.1) is 0 Å². The van der Waals surface area contributed by atoms with Crippen molar-refractivity contribution in [2.75, 3.05) is 0 Å². The van der Waals surface area contributed by atoms with Crippen LogP contribution in [0.25, 0.3) is 0 Å². The fourth-order valence-corrected chi connectivity index (χ4v) is 6.10. The molecule has 0 spiro atoms. The van der Waals surface area contributed by atoms with Crippen molar-refractivity contribution >= 4 is 14.8 Å². The van der Waals surface area contributed by atoms with Crippen molar-refractivity contribution in [3.05, 3.63) is 12.2 Å². The zero-order chi connectivity index (χ0) is 21.0. The van der Waals surface area contributed by atoms with E-state index in [4.69, 9.17) is 23.7 Å². The van der Waals surface area contributed by atoms with Gasteiger partial charge in [-0.1, -0.05) is 6.58 Å². The van der Waals surface area contributed by atoms with Crippen molar-refractivity contribution in [1.82, 2.24) is 0 Å². The van der Waals surface area contributed by atoms with Gasteiger partial charge >= 0.3 is 14.8 Å². The van der Waals surface area contributed by atoms with E-state index in [1.807, 2.05) is 62.3 Å². The van der Waals surface area contributed by atoms with Crippen molar-refractivity contribution in [3.63, 3.8) is 0 Å². The number of hydrogen-bond acceptors (Lipinski definition) is 6. The molecule has 2 N–H and O–H groups in total. The zero-order valence-electron chi connectivity index (χ0n) is 18.3. The van der Waals surface area contributed by atoms with Gasteiger partial charge in [0.1, 0.15) is 0 Å². The molecule has 1 atom stereocenters. The second-order valence-electron chi connectivity index (χ2n) is 9.59. The second kappa shape index (κ2) is 8.97. The van der Waals surface area contributed by atoms with Gasteiger partial charge in [-0.25, -0.2) is 4.79 Å². The lowest BCUT2D eigenvalue weighted by molar-refractivity contribution is -0.144. The van der Waals surface area contributed by atoms with Crippen LogP contribution in [0.4, 0.5) is 0 Å². The summed E-state index contributed by atoms with van der Waals surface area (Å²) in [5.41, 5.74) is 4.92. The van der Waals surface area contributed by atoms with E-state index in [1.54, 1.807) is 6.92 Å².